The van der Waals surface area contributed by atoms with Crippen LogP contribution in [-0.2, 0) is 10.0 Å². The predicted molar refractivity (Wildman–Crippen MR) is 103 cm³/mol. The molecule has 27 heavy (non-hydrogen) atoms. The van der Waals surface area contributed by atoms with Crippen LogP contribution in [0, 0.1) is 0 Å². The summed E-state index contributed by atoms with van der Waals surface area (Å²) in [5.41, 5.74) is 1.80. The first-order chi connectivity index (χ1) is 12.9. The van der Waals surface area contributed by atoms with Gasteiger partial charge in [-0.25, -0.2) is 13.4 Å². The van der Waals surface area contributed by atoms with Crippen molar-refractivity contribution in [3.8, 4) is 5.75 Å². The number of sulfonamides is 1. The molecule has 0 radical (unpaired) electrons. The van der Waals surface area contributed by atoms with Gasteiger partial charge in [-0.1, -0.05) is 11.6 Å². The fourth-order valence-corrected chi connectivity index (χ4v) is 4.29. The van der Waals surface area contributed by atoms with E-state index in [2.05, 4.69) is 10.1 Å². The van der Waals surface area contributed by atoms with E-state index in [1.807, 2.05) is 18.2 Å². The number of hydrazone groups is 1. The first-order valence-corrected chi connectivity index (χ1v) is 10.3. The standard InChI is InChI=1S/C18H16ClN3O4S/c1-25-12-6-5-11-8-13(18(19)20-14(11)9-12)16-10-15(17-4-3-7-26-17)21-22(16)27(2,23)24/h3-9,16H,10H2,1-2H3/t16-/m0/s1. The molecule has 3 aromatic rings. The maximum Gasteiger partial charge on any atom is 0.247 e. The third-order valence-electron chi connectivity index (χ3n) is 4.38. The molecule has 0 amide bonds. The molecule has 2 aromatic heterocycles. The maximum atomic E-state index is 12.3. The fraction of sp³-hybridized carbons (Fsp3) is 0.222. The number of rotatable bonds is 4. The van der Waals surface area contributed by atoms with Crippen LogP contribution in [0.25, 0.3) is 10.9 Å². The third-order valence-corrected chi connectivity index (χ3v) is 5.70. The summed E-state index contributed by atoms with van der Waals surface area (Å²) >= 11 is 6.42. The number of pyridine rings is 1. The van der Waals surface area contributed by atoms with E-state index in [1.165, 1.54) is 6.26 Å². The highest BCUT2D eigenvalue weighted by Gasteiger charge is 2.37. The number of furan rings is 1. The summed E-state index contributed by atoms with van der Waals surface area (Å²) in [7, 11) is -2.03. The van der Waals surface area contributed by atoms with E-state index in [0.29, 0.717) is 34.7 Å². The lowest BCUT2D eigenvalue weighted by molar-refractivity contribution is 0.374. The molecule has 7 nitrogen and oxygen atoms in total. The summed E-state index contributed by atoms with van der Waals surface area (Å²) in [5, 5.41) is 5.33. The lowest BCUT2D eigenvalue weighted by Crippen LogP contribution is -2.26. The Morgan fingerprint density at radius 1 is 1.30 bits per heavy atom. The van der Waals surface area contributed by atoms with Crippen molar-refractivity contribution in [2.45, 2.75) is 12.5 Å². The lowest BCUT2D eigenvalue weighted by atomic mass is 10.0. The minimum Gasteiger partial charge on any atom is -0.497 e. The molecule has 9 heteroatoms. The first-order valence-electron chi connectivity index (χ1n) is 8.12. The molecule has 0 saturated heterocycles. The molecule has 1 aliphatic heterocycles. The molecule has 0 N–H and O–H groups in total. The van der Waals surface area contributed by atoms with Gasteiger partial charge in [-0.15, -0.1) is 0 Å². The Labute approximate surface area is 161 Å². The summed E-state index contributed by atoms with van der Waals surface area (Å²) < 4.78 is 36.3. The van der Waals surface area contributed by atoms with Gasteiger partial charge >= 0.3 is 0 Å². The topological polar surface area (TPSA) is 85.0 Å². The molecule has 0 spiro atoms. The van der Waals surface area contributed by atoms with Gasteiger partial charge in [-0.3, -0.25) is 0 Å². The minimum atomic E-state index is -3.61. The molecule has 140 valence electrons. The molecule has 4 rings (SSSR count). The smallest absolute Gasteiger partial charge is 0.247 e. The number of nitrogens with zero attached hydrogens (tertiary/aromatic N) is 3. The quantitative estimate of drug-likeness (QED) is 0.619. The van der Waals surface area contributed by atoms with Crippen LogP contribution in [0.1, 0.15) is 23.8 Å². The van der Waals surface area contributed by atoms with Crippen molar-refractivity contribution < 1.29 is 17.6 Å². The Bertz CT molecular complexity index is 1140. The van der Waals surface area contributed by atoms with Crippen molar-refractivity contribution in [1.82, 2.24) is 9.40 Å². The normalized spacial score (nSPS) is 17.4. The average Bonchev–Trinajstić information content (AvgIpc) is 3.29. The molecule has 0 saturated carbocycles. The van der Waals surface area contributed by atoms with Gasteiger partial charge in [0.1, 0.15) is 22.4 Å². The molecule has 0 bridgehead atoms. The molecule has 0 unspecified atom stereocenters. The van der Waals surface area contributed by atoms with Crippen LogP contribution in [0.5, 0.6) is 5.75 Å². The number of halogens is 1. The number of hydrogen-bond acceptors (Lipinski definition) is 6. The Balaban J connectivity index is 1.80. The van der Waals surface area contributed by atoms with Crippen LogP contribution in [0.3, 0.4) is 0 Å². The van der Waals surface area contributed by atoms with Gasteiger partial charge in [0.15, 0.2) is 0 Å². The zero-order valence-electron chi connectivity index (χ0n) is 14.6. The molecule has 3 heterocycles. The number of methoxy groups -OCH3 is 1. The van der Waals surface area contributed by atoms with Crippen molar-refractivity contribution in [1.29, 1.82) is 0 Å². The molecule has 0 aliphatic carbocycles. The van der Waals surface area contributed by atoms with E-state index >= 15 is 0 Å². The van der Waals surface area contributed by atoms with Crippen LogP contribution in [-0.4, -0.2) is 36.9 Å². The lowest BCUT2D eigenvalue weighted by Gasteiger charge is -2.22. The Kier molecular flexibility index (Phi) is 4.32. The van der Waals surface area contributed by atoms with Gasteiger partial charge in [-0.2, -0.15) is 9.52 Å². The maximum absolute atomic E-state index is 12.3. The molecule has 0 fully saturated rings. The highest BCUT2D eigenvalue weighted by molar-refractivity contribution is 7.88. The van der Waals surface area contributed by atoms with Gasteiger partial charge in [0, 0.05) is 23.4 Å². The number of fused-ring (bicyclic) bond motifs is 1. The highest BCUT2D eigenvalue weighted by atomic mass is 35.5. The van der Waals surface area contributed by atoms with E-state index < -0.39 is 16.1 Å². The number of ether oxygens (including phenoxy) is 1. The molecule has 1 aromatic carbocycles. The predicted octanol–water partition coefficient (Wildman–Crippen LogP) is 3.60. The van der Waals surface area contributed by atoms with Crippen molar-refractivity contribution >= 4 is 38.2 Å². The van der Waals surface area contributed by atoms with E-state index in [-0.39, 0.29) is 5.15 Å². The van der Waals surface area contributed by atoms with Crippen LogP contribution < -0.4 is 4.74 Å². The number of benzene rings is 1. The van der Waals surface area contributed by atoms with Gasteiger partial charge in [0.25, 0.3) is 0 Å². The second-order valence-corrected chi connectivity index (χ2v) is 8.40. The molecule has 1 aliphatic rings. The summed E-state index contributed by atoms with van der Waals surface area (Å²) in [6.45, 7) is 0. The monoisotopic (exact) mass is 405 g/mol. The Morgan fingerprint density at radius 3 is 2.78 bits per heavy atom. The summed E-state index contributed by atoms with van der Waals surface area (Å²) in [6, 6.07) is 10.2. The number of aromatic nitrogens is 1. The Hall–Kier alpha value is -2.58. The fourth-order valence-electron chi connectivity index (χ4n) is 3.12. The van der Waals surface area contributed by atoms with Crippen molar-refractivity contribution in [2.75, 3.05) is 13.4 Å². The van der Waals surface area contributed by atoms with Crippen LogP contribution in [0.15, 0.2) is 52.2 Å². The molecular formula is C18H16ClN3O4S. The second-order valence-electron chi connectivity index (χ2n) is 6.21. The van der Waals surface area contributed by atoms with Crippen molar-refractivity contribution in [2.24, 2.45) is 5.10 Å². The van der Waals surface area contributed by atoms with Gasteiger partial charge in [0.2, 0.25) is 10.0 Å². The summed E-state index contributed by atoms with van der Waals surface area (Å²) in [5.74, 6) is 1.20. The number of hydrogen-bond donors (Lipinski definition) is 0. The van der Waals surface area contributed by atoms with Crippen LogP contribution in [0.4, 0.5) is 0 Å². The molecular weight excluding hydrogens is 390 g/mol. The van der Waals surface area contributed by atoms with Crippen LogP contribution >= 0.6 is 11.6 Å². The zero-order chi connectivity index (χ0) is 19.2. The third kappa shape index (κ3) is 3.26. The van der Waals surface area contributed by atoms with Crippen molar-refractivity contribution in [3.05, 3.63) is 59.1 Å². The van der Waals surface area contributed by atoms with E-state index in [1.54, 1.807) is 25.3 Å². The van der Waals surface area contributed by atoms with Gasteiger partial charge in [0.05, 0.1) is 31.2 Å². The minimum absolute atomic E-state index is 0.227. The largest absolute Gasteiger partial charge is 0.497 e. The van der Waals surface area contributed by atoms with E-state index in [9.17, 15) is 8.42 Å². The second kappa shape index (κ2) is 6.54. The summed E-state index contributed by atoms with van der Waals surface area (Å²) in [6.07, 6.45) is 2.97. The van der Waals surface area contributed by atoms with Crippen molar-refractivity contribution in [3.63, 3.8) is 0 Å². The van der Waals surface area contributed by atoms with Gasteiger partial charge in [-0.05, 0) is 30.3 Å². The van der Waals surface area contributed by atoms with Crippen LogP contribution in [0.2, 0.25) is 5.15 Å². The van der Waals surface area contributed by atoms with Gasteiger partial charge < -0.3 is 9.15 Å². The zero-order valence-corrected chi connectivity index (χ0v) is 16.2. The SMILES string of the molecule is COc1ccc2cc([C@@H]3CC(c4ccco4)=NN3S(C)(=O)=O)c(Cl)nc2c1. The van der Waals surface area contributed by atoms with E-state index in [0.717, 1.165) is 16.1 Å². The average molecular weight is 406 g/mol. The van der Waals surface area contributed by atoms with E-state index in [4.69, 9.17) is 20.8 Å². The highest BCUT2D eigenvalue weighted by Crippen LogP contribution is 2.38. The Morgan fingerprint density at radius 2 is 2.11 bits per heavy atom. The first kappa shape index (κ1) is 17.8. The molecule has 1 atom stereocenters. The summed E-state index contributed by atoms with van der Waals surface area (Å²) in [4.78, 5) is 4.42.